The van der Waals surface area contributed by atoms with Crippen LogP contribution in [0.5, 0.6) is 5.75 Å². The number of nitrogens with two attached hydrogens (primary N) is 1. The van der Waals surface area contributed by atoms with Crippen LogP contribution in [0.15, 0.2) is 61.0 Å². The third kappa shape index (κ3) is 7.81. The number of benzene rings is 1. The van der Waals surface area contributed by atoms with Crippen molar-refractivity contribution < 1.29 is 19.7 Å². The summed E-state index contributed by atoms with van der Waals surface area (Å²) in [5.41, 5.74) is 7.09. The summed E-state index contributed by atoms with van der Waals surface area (Å²) in [6.45, 7) is 5.96. The van der Waals surface area contributed by atoms with E-state index in [-0.39, 0.29) is 29.4 Å². The van der Waals surface area contributed by atoms with E-state index in [1.54, 1.807) is 12.5 Å². The number of hydrogen-bond acceptors (Lipinski definition) is 5. The summed E-state index contributed by atoms with van der Waals surface area (Å²) in [5.74, 6) is -0.815. The van der Waals surface area contributed by atoms with E-state index in [0.29, 0.717) is 0 Å². The van der Waals surface area contributed by atoms with E-state index in [2.05, 4.69) is 4.98 Å². The minimum absolute atomic E-state index is 0.0157. The van der Waals surface area contributed by atoms with Gasteiger partial charge in [-0.25, -0.2) is 4.79 Å². The minimum Gasteiger partial charge on any atom is -0.508 e. The Labute approximate surface area is 154 Å². The molecule has 0 aliphatic rings. The molecule has 6 nitrogen and oxygen atoms in total. The van der Waals surface area contributed by atoms with E-state index in [1.165, 1.54) is 24.3 Å². The van der Waals surface area contributed by atoms with Crippen LogP contribution in [-0.2, 0) is 4.74 Å². The van der Waals surface area contributed by atoms with Gasteiger partial charge in [0.1, 0.15) is 5.75 Å². The van der Waals surface area contributed by atoms with E-state index >= 15 is 0 Å². The average Bonchev–Trinajstić information content (AvgIpc) is 2.60. The lowest BCUT2D eigenvalue weighted by Crippen LogP contribution is -2.24. The lowest BCUT2D eigenvalue weighted by atomic mass is 9.97. The van der Waals surface area contributed by atoms with Gasteiger partial charge in [-0.15, -0.1) is 0 Å². The van der Waals surface area contributed by atoms with Crippen molar-refractivity contribution in [3.63, 3.8) is 0 Å². The van der Waals surface area contributed by atoms with Crippen molar-refractivity contribution in [1.29, 1.82) is 0 Å². The number of aromatic hydroxyl groups is 1. The molecule has 6 heteroatoms. The number of rotatable bonds is 6. The van der Waals surface area contributed by atoms with E-state index in [1.807, 2.05) is 45.0 Å². The predicted molar refractivity (Wildman–Crippen MR) is 101 cm³/mol. The number of carboxylic acid groups (broad SMARTS) is 1. The summed E-state index contributed by atoms with van der Waals surface area (Å²) >= 11 is 0. The highest BCUT2D eigenvalue weighted by atomic mass is 16.5. The first-order valence-corrected chi connectivity index (χ1v) is 8.32. The Hall–Kier alpha value is -2.86. The second-order valence-corrected chi connectivity index (χ2v) is 6.00. The predicted octanol–water partition coefficient (Wildman–Crippen LogP) is 3.54. The van der Waals surface area contributed by atoms with Gasteiger partial charge >= 0.3 is 5.97 Å². The Morgan fingerprint density at radius 1 is 1.15 bits per heavy atom. The van der Waals surface area contributed by atoms with Crippen molar-refractivity contribution in [3.8, 4) is 5.75 Å². The zero-order chi connectivity index (χ0) is 19.5. The Morgan fingerprint density at radius 3 is 2.27 bits per heavy atom. The molecule has 4 N–H and O–H groups in total. The molecule has 1 aromatic carbocycles. The van der Waals surface area contributed by atoms with Crippen LogP contribution in [0.25, 0.3) is 0 Å². The molecule has 0 saturated carbocycles. The molecule has 2 atom stereocenters. The van der Waals surface area contributed by atoms with Crippen LogP contribution in [0.3, 0.4) is 0 Å². The molecule has 0 aliphatic heterocycles. The molecule has 0 bridgehead atoms. The summed E-state index contributed by atoms with van der Waals surface area (Å²) in [4.78, 5) is 14.5. The van der Waals surface area contributed by atoms with Gasteiger partial charge in [-0.1, -0.05) is 6.07 Å². The molecule has 0 saturated heterocycles. The maximum absolute atomic E-state index is 10.2. The summed E-state index contributed by atoms with van der Waals surface area (Å²) in [6.07, 6.45) is 5.65. The maximum atomic E-state index is 10.2. The summed E-state index contributed by atoms with van der Waals surface area (Å²) in [7, 11) is 0. The van der Waals surface area contributed by atoms with Crippen molar-refractivity contribution in [2.45, 2.75) is 38.8 Å². The summed E-state index contributed by atoms with van der Waals surface area (Å²) in [5, 5.41) is 17.1. The molecule has 0 radical (unpaired) electrons. The van der Waals surface area contributed by atoms with Gasteiger partial charge in [0.25, 0.3) is 0 Å². The van der Waals surface area contributed by atoms with Crippen LogP contribution < -0.4 is 5.73 Å². The number of nitrogens with zero attached hydrogens (tertiary/aromatic N) is 1. The molecule has 0 spiro atoms. The molecular formula is C20H26N2O4. The number of aromatic carboxylic acids is 1. The molecule has 0 amide bonds. The van der Waals surface area contributed by atoms with Crippen LogP contribution in [0.2, 0.25) is 0 Å². The van der Waals surface area contributed by atoms with E-state index < -0.39 is 5.97 Å². The molecule has 0 fully saturated rings. The molecule has 2 unspecified atom stereocenters. The highest BCUT2D eigenvalue weighted by molar-refractivity contribution is 5.87. The molecular weight excluding hydrogens is 332 g/mol. The van der Waals surface area contributed by atoms with Crippen LogP contribution in [0.4, 0.5) is 0 Å². The first-order chi connectivity index (χ1) is 12.3. The molecule has 140 valence electrons. The van der Waals surface area contributed by atoms with Gasteiger partial charge in [-0.3, -0.25) is 4.98 Å². The SMILES string of the molecule is CC(C)OC=CC(c1ccccn1)C(C)N.O=C(O)c1ccc(O)cc1. The zero-order valence-electron chi connectivity index (χ0n) is 15.2. The number of pyridine rings is 1. The highest BCUT2D eigenvalue weighted by Gasteiger charge is 2.13. The lowest BCUT2D eigenvalue weighted by molar-refractivity contribution is 0.0697. The van der Waals surface area contributed by atoms with E-state index in [9.17, 15) is 4.79 Å². The quantitative estimate of drug-likeness (QED) is 0.682. The zero-order valence-corrected chi connectivity index (χ0v) is 15.2. The Balaban J connectivity index is 0.000000289. The Bertz CT molecular complexity index is 683. The average molecular weight is 358 g/mol. The number of hydrogen-bond donors (Lipinski definition) is 3. The fourth-order valence-electron chi connectivity index (χ4n) is 2.01. The number of carbonyl (C=O) groups is 1. The van der Waals surface area contributed by atoms with Gasteiger partial charge in [0.2, 0.25) is 0 Å². The smallest absolute Gasteiger partial charge is 0.335 e. The molecule has 2 rings (SSSR count). The van der Waals surface area contributed by atoms with Gasteiger partial charge < -0.3 is 20.7 Å². The monoisotopic (exact) mass is 358 g/mol. The van der Waals surface area contributed by atoms with Crippen molar-refractivity contribution in [2.24, 2.45) is 5.73 Å². The third-order valence-electron chi connectivity index (χ3n) is 3.35. The Kier molecular flexibility index (Phi) is 8.87. The van der Waals surface area contributed by atoms with Crippen molar-refractivity contribution in [3.05, 3.63) is 72.3 Å². The van der Waals surface area contributed by atoms with Crippen LogP contribution in [0.1, 0.15) is 42.7 Å². The molecule has 2 aromatic rings. The van der Waals surface area contributed by atoms with Gasteiger partial charge in [0.15, 0.2) is 0 Å². The van der Waals surface area contributed by atoms with Gasteiger partial charge in [-0.2, -0.15) is 0 Å². The normalized spacial score (nSPS) is 13.0. The second kappa shape index (κ2) is 10.9. The summed E-state index contributed by atoms with van der Waals surface area (Å²) in [6, 6.07) is 11.2. The number of phenols is 1. The van der Waals surface area contributed by atoms with Gasteiger partial charge in [-0.05, 0) is 63.2 Å². The fraction of sp³-hybridized carbons (Fsp3) is 0.300. The fourth-order valence-corrected chi connectivity index (χ4v) is 2.01. The largest absolute Gasteiger partial charge is 0.508 e. The summed E-state index contributed by atoms with van der Waals surface area (Å²) < 4.78 is 5.38. The van der Waals surface area contributed by atoms with Crippen LogP contribution >= 0.6 is 0 Å². The lowest BCUT2D eigenvalue weighted by Gasteiger charge is -2.16. The van der Waals surface area contributed by atoms with Gasteiger partial charge in [0.05, 0.1) is 17.9 Å². The van der Waals surface area contributed by atoms with E-state index in [0.717, 1.165) is 5.69 Å². The number of phenolic OH excluding ortho intramolecular Hbond substituents is 1. The second-order valence-electron chi connectivity index (χ2n) is 6.00. The molecule has 1 aromatic heterocycles. The number of carboxylic acids is 1. The molecule has 26 heavy (non-hydrogen) atoms. The Morgan fingerprint density at radius 2 is 1.81 bits per heavy atom. The van der Waals surface area contributed by atoms with Crippen molar-refractivity contribution >= 4 is 5.97 Å². The van der Waals surface area contributed by atoms with Crippen LogP contribution in [-0.4, -0.2) is 33.3 Å². The molecule has 0 aliphatic carbocycles. The van der Waals surface area contributed by atoms with Gasteiger partial charge in [0, 0.05) is 23.9 Å². The van der Waals surface area contributed by atoms with Crippen molar-refractivity contribution in [2.75, 3.05) is 0 Å². The number of aromatic nitrogens is 1. The minimum atomic E-state index is -0.986. The maximum Gasteiger partial charge on any atom is 0.335 e. The van der Waals surface area contributed by atoms with Crippen LogP contribution in [0, 0.1) is 0 Å². The topological polar surface area (TPSA) is 106 Å². The number of ether oxygens (including phenoxy) is 1. The van der Waals surface area contributed by atoms with E-state index in [4.69, 9.17) is 20.7 Å². The first-order valence-electron chi connectivity index (χ1n) is 8.32. The third-order valence-corrected chi connectivity index (χ3v) is 3.35. The standard InChI is InChI=1S/C13H20N2O.C7H6O3/c1-10(2)16-9-7-12(11(3)14)13-6-4-5-8-15-13;8-6-3-1-5(2-4-6)7(9)10/h4-12H,14H2,1-3H3;1-4,8H,(H,9,10). The first kappa shape index (κ1) is 21.2. The van der Waals surface area contributed by atoms with Crippen molar-refractivity contribution in [1.82, 2.24) is 4.98 Å². The molecule has 1 heterocycles. The highest BCUT2D eigenvalue weighted by Crippen LogP contribution is 2.17.